The van der Waals surface area contributed by atoms with E-state index >= 15 is 0 Å². The summed E-state index contributed by atoms with van der Waals surface area (Å²) in [7, 11) is 0. The molecule has 0 aromatic heterocycles. The van der Waals surface area contributed by atoms with Gasteiger partial charge in [0.15, 0.2) is 0 Å². The van der Waals surface area contributed by atoms with Gasteiger partial charge in [-0.1, -0.05) is 26.2 Å². The lowest BCUT2D eigenvalue weighted by Crippen LogP contribution is -2.28. The lowest BCUT2D eigenvalue weighted by Gasteiger charge is -2.26. The fraction of sp³-hybridized carbons (Fsp3) is 0.909. The summed E-state index contributed by atoms with van der Waals surface area (Å²) in [5.74, 6) is 0.807. The van der Waals surface area contributed by atoms with Gasteiger partial charge in [-0.05, 0) is 30.9 Å². The van der Waals surface area contributed by atoms with E-state index in [0.717, 1.165) is 25.0 Å². The molecule has 1 rings (SSSR count). The second-order valence-corrected chi connectivity index (χ2v) is 5.28. The highest BCUT2D eigenvalue weighted by Gasteiger charge is 2.29. The number of hydrogen-bond donors (Lipinski definition) is 1. The SMILES string of the molecule is CCCSC(C(=O)O)C1CCCCC1. The topological polar surface area (TPSA) is 37.3 Å². The molecule has 82 valence electrons. The summed E-state index contributed by atoms with van der Waals surface area (Å²) in [4.78, 5) is 11.1. The van der Waals surface area contributed by atoms with Crippen molar-refractivity contribution in [1.82, 2.24) is 0 Å². The molecule has 0 bridgehead atoms. The van der Waals surface area contributed by atoms with Crippen LogP contribution >= 0.6 is 11.8 Å². The van der Waals surface area contributed by atoms with Crippen molar-refractivity contribution in [3.8, 4) is 0 Å². The highest BCUT2D eigenvalue weighted by molar-refractivity contribution is 8.00. The largest absolute Gasteiger partial charge is 0.480 e. The zero-order valence-electron chi connectivity index (χ0n) is 8.87. The van der Waals surface area contributed by atoms with Crippen LogP contribution in [0, 0.1) is 5.92 Å². The minimum atomic E-state index is -0.602. The number of carboxylic acid groups (broad SMARTS) is 1. The van der Waals surface area contributed by atoms with Crippen LogP contribution in [0.4, 0.5) is 0 Å². The van der Waals surface area contributed by atoms with Gasteiger partial charge in [-0.15, -0.1) is 11.8 Å². The second-order valence-electron chi connectivity index (χ2n) is 4.03. The number of rotatable bonds is 5. The first-order valence-electron chi connectivity index (χ1n) is 5.60. The van der Waals surface area contributed by atoms with E-state index in [0.29, 0.717) is 5.92 Å². The number of thioether (sulfide) groups is 1. The van der Waals surface area contributed by atoms with Gasteiger partial charge in [0.2, 0.25) is 0 Å². The Hall–Kier alpha value is -0.180. The van der Waals surface area contributed by atoms with Crippen molar-refractivity contribution in [2.24, 2.45) is 5.92 Å². The summed E-state index contributed by atoms with van der Waals surface area (Å²) >= 11 is 1.64. The molecule has 0 radical (unpaired) electrons. The number of aliphatic carboxylic acids is 1. The quantitative estimate of drug-likeness (QED) is 0.767. The third-order valence-corrected chi connectivity index (χ3v) is 4.41. The van der Waals surface area contributed by atoms with Gasteiger partial charge in [0.05, 0.1) is 0 Å². The molecule has 14 heavy (non-hydrogen) atoms. The van der Waals surface area contributed by atoms with E-state index in [1.165, 1.54) is 19.3 Å². The Kier molecular flexibility index (Phi) is 5.38. The van der Waals surface area contributed by atoms with Crippen LogP contribution in [0.1, 0.15) is 45.4 Å². The fourth-order valence-electron chi connectivity index (χ4n) is 2.09. The molecular weight excluding hydrogens is 196 g/mol. The van der Waals surface area contributed by atoms with Crippen molar-refractivity contribution in [2.45, 2.75) is 50.7 Å². The van der Waals surface area contributed by atoms with Gasteiger partial charge in [-0.2, -0.15) is 0 Å². The Morgan fingerprint density at radius 3 is 2.57 bits per heavy atom. The first kappa shape index (κ1) is 11.9. The molecule has 2 nitrogen and oxygen atoms in total. The smallest absolute Gasteiger partial charge is 0.316 e. The Bertz CT molecular complexity index is 176. The van der Waals surface area contributed by atoms with E-state index in [9.17, 15) is 4.79 Å². The van der Waals surface area contributed by atoms with E-state index in [-0.39, 0.29) is 5.25 Å². The van der Waals surface area contributed by atoms with Crippen LogP contribution in [0.15, 0.2) is 0 Å². The molecule has 1 fully saturated rings. The second kappa shape index (κ2) is 6.33. The highest BCUT2D eigenvalue weighted by atomic mass is 32.2. The van der Waals surface area contributed by atoms with E-state index < -0.39 is 5.97 Å². The standard InChI is InChI=1S/C11H20O2S/c1-2-8-14-10(11(12)13)9-6-4-3-5-7-9/h9-10H,2-8H2,1H3,(H,12,13). The van der Waals surface area contributed by atoms with Crippen molar-refractivity contribution in [2.75, 3.05) is 5.75 Å². The molecule has 0 aromatic rings. The van der Waals surface area contributed by atoms with Gasteiger partial charge < -0.3 is 5.11 Å². The van der Waals surface area contributed by atoms with E-state index in [1.54, 1.807) is 11.8 Å². The van der Waals surface area contributed by atoms with Crippen molar-refractivity contribution >= 4 is 17.7 Å². The van der Waals surface area contributed by atoms with Gasteiger partial charge in [0.1, 0.15) is 5.25 Å². The van der Waals surface area contributed by atoms with Crippen LogP contribution < -0.4 is 0 Å². The van der Waals surface area contributed by atoms with Gasteiger partial charge in [0.25, 0.3) is 0 Å². The molecular formula is C11H20O2S. The molecule has 1 saturated carbocycles. The molecule has 0 saturated heterocycles. The Labute approximate surface area is 90.5 Å². The highest BCUT2D eigenvalue weighted by Crippen LogP contribution is 2.33. The summed E-state index contributed by atoms with van der Waals surface area (Å²) in [6, 6.07) is 0. The number of carbonyl (C=O) groups is 1. The molecule has 0 heterocycles. The van der Waals surface area contributed by atoms with Crippen LogP contribution in [0.3, 0.4) is 0 Å². The summed E-state index contributed by atoms with van der Waals surface area (Å²) in [6.07, 6.45) is 7.05. The van der Waals surface area contributed by atoms with Crippen LogP contribution in [-0.4, -0.2) is 22.1 Å². The first-order valence-corrected chi connectivity index (χ1v) is 6.65. The third kappa shape index (κ3) is 3.52. The monoisotopic (exact) mass is 216 g/mol. The minimum Gasteiger partial charge on any atom is -0.480 e. The lowest BCUT2D eigenvalue weighted by molar-refractivity contribution is -0.137. The minimum absolute atomic E-state index is 0.143. The maximum Gasteiger partial charge on any atom is 0.316 e. The summed E-state index contributed by atoms with van der Waals surface area (Å²) in [6.45, 7) is 2.10. The molecule has 1 unspecified atom stereocenters. The van der Waals surface area contributed by atoms with Crippen molar-refractivity contribution in [3.63, 3.8) is 0 Å². The molecule has 0 aromatic carbocycles. The maximum atomic E-state index is 11.1. The number of carboxylic acids is 1. The zero-order valence-corrected chi connectivity index (χ0v) is 9.68. The van der Waals surface area contributed by atoms with Gasteiger partial charge in [0, 0.05) is 0 Å². The molecule has 1 aliphatic rings. The van der Waals surface area contributed by atoms with Gasteiger partial charge >= 0.3 is 5.97 Å². The predicted molar refractivity (Wildman–Crippen MR) is 60.7 cm³/mol. The molecule has 0 spiro atoms. The van der Waals surface area contributed by atoms with Crippen LogP contribution in [0.2, 0.25) is 0 Å². The van der Waals surface area contributed by atoms with Crippen LogP contribution in [0.5, 0.6) is 0 Å². The number of hydrogen-bond acceptors (Lipinski definition) is 2. The van der Waals surface area contributed by atoms with Crippen LogP contribution in [0.25, 0.3) is 0 Å². The normalized spacial score (nSPS) is 20.6. The Morgan fingerprint density at radius 2 is 2.07 bits per heavy atom. The molecule has 1 atom stereocenters. The predicted octanol–water partition coefficient (Wildman–Crippen LogP) is 3.16. The summed E-state index contributed by atoms with van der Waals surface area (Å²) < 4.78 is 0. The molecule has 3 heteroatoms. The average Bonchev–Trinajstić information content (AvgIpc) is 2.19. The van der Waals surface area contributed by atoms with E-state index in [2.05, 4.69) is 6.92 Å². The van der Waals surface area contributed by atoms with Crippen LogP contribution in [-0.2, 0) is 4.79 Å². The summed E-state index contributed by atoms with van der Waals surface area (Å²) in [5, 5.41) is 8.99. The molecule has 0 aliphatic heterocycles. The van der Waals surface area contributed by atoms with Crippen molar-refractivity contribution in [3.05, 3.63) is 0 Å². The lowest BCUT2D eigenvalue weighted by atomic mass is 9.87. The third-order valence-electron chi connectivity index (χ3n) is 2.82. The van der Waals surface area contributed by atoms with Crippen molar-refractivity contribution < 1.29 is 9.90 Å². The Balaban J connectivity index is 2.43. The first-order chi connectivity index (χ1) is 6.75. The average molecular weight is 216 g/mol. The molecule has 1 N–H and O–H groups in total. The molecule has 0 amide bonds. The zero-order chi connectivity index (χ0) is 10.4. The van der Waals surface area contributed by atoms with E-state index in [1.807, 2.05) is 0 Å². The Morgan fingerprint density at radius 1 is 1.43 bits per heavy atom. The fourth-order valence-corrected chi connectivity index (χ4v) is 3.27. The van der Waals surface area contributed by atoms with E-state index in [4.69, 9.17) is 5.11 Å². The maximum absolute atomic E-state index is 11.1. The van der Waals surface area contributed by atoms with Gasteiger partial charge in [-0.25, -0.2) is 0 Å². The van der Waals surface area contributed by atoms with Gasteiger partial charge in [-0.3, -0.25) is 4.79 Å². The summed E-state index contributed by atoms with van der Waals surface area (Å²) in [5.41, 5.74) is 0. The molecule has 1 aliphatic carbocycles. The van der Waals surface area contributed by atoms with Crippen molar-refractivity contribution in [1.29, 1.82) is 0 Å².